The summed E-state index contributed by atoms with van der Waals surface area (Å²) in [6.45, 7) is 5.70. The zero-order chi connectivity index (χ0) is 14.7. The SMILES string of the molecule is Cc1ccc([C@@H](C)NC2CCCCC2C2CCCN2)cc1. The molecule has 0 radical (unpaired) electrons. The molecule has 1 aromatic carbocycles. The van der Waals surface area contributed by atoms with E-state index in [2.05, 4.69) is 48.7 Å². The van der Waals surface area contributed by atoms with Gasteiger partial charge in [0, 0.05) is 18.1 Å². The Balaban J connectivity index is 1.64. The van der Waals surface area contributed by atoms with Gasteiger partial charge in [-0.15, -0.1) is 0 Å². The zero-order valence-corrected chi connectivity index (χ0v) is 13.6. The van der Waals surface area contributed by atoms with Crippen molar-refractivity contribution in [2.45, 2.75) is 70.5 Å². The fraction of sp³-hybridized carbons (Fsp3) is 0.684. The van der Waals surface area contributed by atoms with E-state index in [-0.39, 0.29) is 0 Å². The minimum absolute atomic E-state index is 0.456. The van der Waals surface area contributed by atoms with Crippen LogP contribution in [0.4, 0.5) is 0 Å². The maximum absolute atomic E-state index is 3.94. The van der Waals surface area contributed by atoms with Crippen LogP contribution in [0.2, 0.25) is 0 Å². The summed E-state index contributed by atoms with van der Waals surface area (Å²) in [7, 11) is 0. The van der Waals surface area contributed by atoms with Gasteiger partial charge in [0.25, 0.3) is 0 Å². The quantitative estimate of drug-likeness (QED) is 0.875. The third kappa shape index (κ3) is 3.67. The fourth-order valence-corrected chi connectivity index (χ4v) is 4.20. The molecule has 0 aromatic heterocycles. The van der Waals surface area contributed by atoms with Crippen molar-refractivity contribution in [2.24, 2.45) is 5.92 Å². The molecule has 4 atom stereocenters. The monoisotopic (exact) mass is 286 g/mol. The molecular formula is C19H30N2. The van der Waals surface area contributed by atoms with Crippen LogP contribution in [0.15, 0.2) is 24.3 Å². The Kier molecular flexibility index (Phi) is 4.97. The molecule has 1 saturated carbocycles. The maximum Gasteiger partial charge on any atom is 0.0294 e. The number of nitrogens with one attached hydrogen (secondary N) is 2. The third-order valence-electron chi connectivity index (χ3n) is 5.48. The molecule has 2 aliphatic rings. The van der Waals surface area contributed by atoms with Gasteiger partial charge in [-0.25, -0.2) is 0 Å². The van der Waals surface area contributed by atoms with Gasteiger partial charge in [0.15, 0.2) is 0 Å². The average molecular weight is 286 g/mol. The second-order valence-corrected chi connectivity index (χ2v) is 7.06. The maximum atomic E-state index is 3.94. The van der Waals surface area contributed by atoms with Crippen LogP contribution >= 0.6 is 0 Å². The molecule has 0 bridgehead atoms. The minimum Gasteiger partial charge on any atom is -0.314 e. The van der Waals surface area contributed by atoms with Crippen LogP contribution in [0.1, 0.15) is 62.6 Å². The van der Waals surface area contributed by atoms with Crippen LogP contribution in [0, 0.1) is 12.8 Å². The normalized spacial score (nSPS) is 31.2. The van der Waals surface area contributed by atoms with Gasteiger partial charge < -0.3 is 10.6 Å². The summed E-state index contributed by atoms with van der Waals surface area (Å²) in [5.41, 5.74) is 2.76. The lowest BCUT2D eigenvalue weighted by Gasteiger charge is -2.38. The van der Waals surface area contributed by atoms with Gasteiger partial charge in [-0.3, -0.25) is 0 Å². The first-order valence-corrected chi connectivity index (χ1v) is 8.80. The van der Waals surface area contributed by atoms with Crippen LogP contribution in [-0.2, 0) is 0 Å². The highest BCUT2D eigenvalue weighted by Crippen LogP contribution is 2.32. The first-order chi connectivity index (χ1) is 10.2. The molecule has 3 unspecified atom stereocenters. The Hall–Kier alpha value is -0.860. The highest BCUT2D eigenvalue weighted by Gasteiger charge is 2.33. The molecule has 1 aliphatic heterocycles. The Labute approximate surface area is 129 Å². The van der Waals surface area contributed by atoms with Crippen molar-refractivity contribution in [3.63, 3.8) is 0 Å². The predicted molar refractivity (Wildman–Crippen MR) is 89.5 cm³/mol. The molecule has 1 saturated heterocycles. The second-order valence-electron chi connectivity index (χ2n) is 7.06. The second kappa shape index (κ2) is 6.93. The van der Waals surface area contributed by atoms with Gasteiger partial charge in [-0.05, 0) is 57.6 Å². The number of benzene rings is 1. The van der Waals surface area contributed by atoms with Gasteiger partial charge >= 0.3 is 0 Å². The third-order valence-corrected chi connectivity index (χ3v) is 5.48. The first kappa shape index (κ1) is 15.1. The Bertz CT molecular complexity index is 433. The molecule has 2 fully saturated rings. The van der Waals surface area contributed by atoms with E-state index >= 15 is 0 Å². The summed E-state index contributed by atoms with van der Waals surface area (Å²) in [6, 6.07) is 10.9. The topological polar surface area (TPSA) is 24.1 Å². The van der Waals surface area contributed by atoms with Crippen molar-refractivity contribution in [1.82, 2.24) is 10.6 Å². The van der Waals surface area contributed by atoms with Crippen molar-refractivity contribution in [1.29, 1.82) is 0 Å². The first-order valence-electron chi connectivity index (χ1n) is 8.80. The number of hydrogen-bond acceptors (Lipinski definition) is 2. The van der Waals surface area contributed by atoms with Gasteiger partial charge in [0.1, 0.15) is 0 Å². The summed E-state index contributed by atoms with van der Waals surface area (Å²) in [5, 5.41) is 7.68. The van der Waals surface area contributed by atoms with Gasteiger partial charge in [0.2, 0.25) is 0 Å². The average Bonchev–Trinajstić information content (AvgIpc) is 3.02. The lowest BCUT2D eigenvalue weighted by molar-refractivity contribution is 0.203. The molecule has 1 aliphatic carbocycles. The predicted octanol–water partition coefficient (Wildman–Crippen LogP) is 3.96. The Morgan fingerprint density at radius 1 is 1.05 bits per heavy atom. The van der Waals surface area contributed by atoms with Crippen LogP contribution in [0.3, 0.4) is 0 Å². The van der Waals surface area contributed by atoms with E-state index in [0.717, 1.165) is 12.0 Å². The lowest BCUT2D eigenvalue weighted by atomic mass is 9.79. The van der Waals surface area contributed by atoms with E-state index in [4.69, 9.17) is 0 Å². The van der Waals surface area contributed by atoms with Crippen LogP contribution in [0.5, 0.6) is 0 Å². The van der Waals surface area contributed by atoms with E-state index in [0.29, 0.717) is 12.1 Å². The smallest absolute Gasteiger partial charge is 0.0294 e. The molecule has 2 heteroatoms. The molecule has 0 spiro atoms. The van der Waals surface area contributed by atoms with E-state index in [1.54, 1.807) is 0 Å². The number of hydrogen-bond donors (Lipinski definition) is 2. The number of aryl methyl sites for hydroxylation is 1. The Morgan fingerprint density at radius 3 is 2.52 bits per heavy atom. The van der Waals surface area contributed by atoms with Crippen molar-refractivity contribution < 1.29 is 0 Å². The molecule has 1 aromatic rings. The van der Waals surface area contributed by atoms with Gasteiger partial charge in [-0.1, -0.05) is 42.7 Å². The molecule has 0 amide bonds. The summed E-state index contributed by atoms with van der Waals surface area (Å²) >= 11 is 0. The standard InChI is InChI=1S/C19H30N2/c1-14-9-11-16(12-10-14)15(2)21-19-7-4-3-6-17(19)18-8-5-13-20-18/h9-12,15,17-21H,3-8,13H2,1-2H3/t15-,17?,18?,19?/m1/s1. The lowest BCUT2D eigenvalue weighted by Crippen LogP contribution is -2.47. The fourth-order valence-electron chi connectivity index (χ4n) is 4.20. The molecule has 116 valence electrons. The molecular weight excluding hydrogens is 256 g/mol. The summed E-state index contributed by atoms with van der Waals surface area (Å²) in [5.74, 6) is 0.828. The van der Waals surface area contributed by atoms with Crippen molar-refractivity contribution in [3.05, 3.63) is 35.4 Å². The molecule has 3 rings (SSSR count). The highest BCUT2D eigenvalue weighted by atomic mass is 15.0. The summed E-state index contributed by atoms with van der Waals surface area (Å²) in [6.07, 6.45) is 8.29. The molecule has 1 heterocycles. The highest BCUT2D eigenvalue weighted by molar-refractivity contribution is 5.23. The summed E-state index contributed by atoms with van der Waals surface area (Å²) < 4.78 is 0. The van der Waals surface area contributed by atoms with Gasteiger partial charge in [-0.2, -0.15) is 0 Å². The van der Waals surface area contributed by atoms with Crippen molar-refractivity contribution in [3.8, 4) is 0 Å². The van der Waals surface area contributed by atoms with Crippen LogP contribution < -0.4 is 10.6 Å². The van der Waals surface area contributed by atoms with E-state index in [1.807, 2.05) is 0 Å². The van der Waals surface area contributed by atoms with Gasteiger partial charge in [0.05, 0.1) is 0 Å². The van der Waals surface area contributed by atoms with E-state index < -0.39 is 0 Å². The van der Waals surface area contributed by atoms with Crippen LogP contribution in [0.25, 0.3) is 0 Å². The molecule has 2 N–H and O–H groups in total. The minimum atomic E-state index is 0.456. The summed E-state index contributed by atoms with van der Waals surface area (Å²) in [4.78, 5) is 0. The molecule has 2 nitrogen and oxygen atoms in total. The van der Waals surface area contributed by atoms with E-state index in [1.165, 1.54) is 56.2 Å². The van der Waals surface area contributed by atoms with Crippen molar-refractivity contribution >= 4 is 0 Å². The largest absolute Gasteiger partial charge is 0.314 e. The van der Waals surface area contributed by atoms with Crippen LogP contribution in [-0.4, -0.2) is 18.6 Å². The molecule has 21 heavy (non-hydrogen) atoms. The Morgan fingerprint density at radius 2 is 1.81 bits per heavy atom. The van der Waals surface area contributed by atoms with Crippen molar-refractivity contribution in [2.75, 3.05) is 6.54 Å². The zero-order valence-electron chi connectivity index (χ0n) is 13.6. The van der Waals surface area contributed by atoms with E-state index in [9.17, 15) is 0 Å². The number of rotatable bonds is 4.